The lowest BCUT2D eigenvalue weighted by Gasteiger charge is -2.48. The lowest BCUT2D eigenvalue weighted by atomic mass is 9.69. The van der Waals surface area contributed by atoms with Gasteiger partial charge in [-0.2, -0.15) is 5.26 Å². The van der Waals surface area contributed by atoms with Gasteiger partial charge in [0.25, 0.3) is 0 Å². The lowest BCUT2D eigenvalue weighted by molar-refractivity contribution is 0.0658. The molecule has 0 atom stereocenters. The molecule has 2 amide bonds. The van der Waals surface area contributed by atoms with Gasteiger partial charge >= 0.3 is 6.03 Å². The molecule has 2 fully saturated rings. The quantitative estimate of drug-likeness (QED) is 0.894. The van der Waals surface area contributed by atoms with E-state index in [0.717, 1.165) is 31.4 Å². The predicted molar refractivity (Wildman–Crippen MR) is 108 cm³/mol. The standard InChI is InChI=1S/C22H25N5O/c1-26(2)22(17-6-4-3-5-7-17)12-10-21(11-13-22)16-27(20(28)25-21)19-9-8-18(14-23)24-15-19/h3-9,15H,10-13,16H2,1-2H3,(H,25,28)/t21-,22-. The number of carbonyl (C=O) groups excluding carboxylic acids is 1. The van der Waals surface area contributed by atoms with E-state index in [9.17, 15) is 4.79 Å². The van der Waals surface area contributed by atoms with E-state index in [1.807, 2.05) is 6.07 Å². The Morgan fingerprint density at radius 2 is 1.82 bits per heavy atom. The molecule has 0 unspecified atom stereocenters. The van der Waals surface area contributed by atoms with Gasteiger partial charge in [-0.1, -0.05) is 30.3 Å². The van der Waals surface area contributed by atoms with Crippen molar-refractivity contribution in [1.29, 1.82) is 5.26 Å². The maximum Gasteiger partial charge on any atom is 0.322 e. The molecule has 4 rings (SSSR count). The van der Waals surface area contributed by atoms with Gasteiger partial charge in [0.15, 0.2) is 0 Å². The number of nitrogens with zero attached hydrogens (tertiary/aromatic N) is 4. The molecule has 2 heterocycles. The van der Waals surface area contributed by atoms with Gasteiger partial charge in [0.2, 0.25) is 0 Å². The second-order valence-corrected chi connectivity index (χ2v) is 8.10. The average Bonchev–Trinajstić information content (AvgIpc) is 3.05. The smallest absolute Gasteiger partial charge is 0.322 e. The van der Waals surface area contributed by atoms with Crippen LogP contribution in [0.3, 0.4) is 0 Å². The van der Waals surface area contributed by atoms with Gasteiger partial charge in [-0.15, -0.1) is 0 Å². The number of nitriles is 1. The van der Waals surface area contributed by atoms with Crippen molar-refractivity contribution >= 4 is 11.7 Å². The van der Waals surface area contributed by atoms with E-state index >= 15 is 0 Å². The number of hydrogen-bond donors (Lipinski definition) is 1. The van der Waals surface area contributed by atoms with E-state index in [0.29, 0.717) is 12.2 Å². The summed E-state index contributed by atoms with van der Waals surface area (Å²) in [5, 5.41) is 12.2. The van der Waals surface area contributed by atoms with E-state index in [1.54, 1.807) is 23.2 Å². The third-order valence-electron chi connectivity index (χ3n) is 6.45. The summed E-state index contributed by atoms with van der Waals surface area (Å²) in [6.07, 6.45) is 5.43. The Kier molecular flexibility index (Phi) is 4.56. The zero-order valence-corrected chi connectivity index (χ0v) is 16.4. The molecule has 2 aliphatic rings. The highest BCUT2D eigenvalue weighted by molar-refractivity contribution is 5.95. The molecule has 1 N–H and O–H groups in total. The molecule has 1 spiro atoms. The number of nitrogens with one attached hydrogen (secondary N) is 1. The Hall–Kier alpha value is -2.91. The van der Waals surface area contributed by atoms with Crippen LogP contribution in [0.4, 0.5) is 10.5 Å². The fraction of sp³-hybridized carbons (Fsp3) is 0.409. The van der Waals surface area contributed by atoms with Crippen LogP contribution >= 0.6 is 0 Å². The van der Waals surface area contributed by atoms with Crippen LogP contribution in [0.15, 0.2) is 48.7 Å². The molecule has 1 aliphatic heterocycles. The van der Waals surface area contributed by atoms with Crippen LogP contribution < -0.4 is 10.2 Å². The van der Waals surface area contributed by atoms with Crippen LogP contribution in [0.2, 0.25) is 0 Å². The summed E-state index contributed by atoms with van der Waals surface area (Å²) in [5.74, 6) is 0. The third kappa shape index (κ3) is 3.02. The Morgan fingerprint density at radius 1 is 1.11 bits per heavy atom. The van der Waals surface area contributed by atoms with E-state index in [4.69, 9.17) is 5.26 Å². The summed E-state index contributed by atoms with van der Waals surface area (Å²) < 4.78 is 0. The van der Waals surface area contributed by atoms with Crippen molar-refractivity contribution in [3.05, 3.63) is 59.9 Å². The highest BCUT2D eigenvalue weighted by Gasteiger charge is 2.50. The number of hydrogen-bond acceptors (Lipinski definition) is 4. The molecule has 1 saturated carbocycles. The topological polar surface area (TPSA) is 72.3 Å². The molecule has 1 aliphatic carbocycles. The number of pyridine rings is 1. The first-order valence-electron chi connectivity index (χ1n) is 9.67. The minimum atomic E-state index is -0.209. The van der Waals surface area contributed by atoms with E-state index in [-0.39, 0.29) is 17.1 Å². The summed E-state index contributed by atoms with van der Waals surface area (Å²) in [5.41, 5.74) is 2.22. The zero-order valence-electron chi connectivity index (χ0n) is 16.4. The number of urea groups is 1. The first-order valence-corrected chi connectivity index (χ1v) is 9.67. The van der Waals surface area contributed by atoms with Crippen LogP contribution in [0.25, 0.3) is 0 Å². The van der Waals surface area contributed by atoms with Crippen LogP contribution in [0.5, 0.6) is 0 Å². The van der Waals surface area contributed by atoms with Gasteiger partial charge in [0.05, 0.1) is 24.0 Å². The van der Waals surface area contributed by atoms with Crippen molar-refractivity contribution < 1.29 is 4.79 Å². The van der Waals surface area contributed by atoms with Crippen molar-refractivity contribution in [2.24, 2.45) is 0 Å². The molecule has 28 heavy (non-hydrogen) atoms. The number of carbonyl (C=O) groups is 1. The molecule has 1 saturated heterocycles. The number of benzene rings is 1. The van der Waals surface area contributed by atoms with Crippen LogP contribution in [-0.2, 0) is 5.54 Å². The van der Waals surface area contributed by atoms with Gasteiger partial charge in [-0.3, -0.25) is 9.80 Å². The first kappa shape index (κ1) is 18.5. The zero-order chi connectivity index (χ0) is 19.8. The summed E-state index contributed by atoms with van der Waals surface area (Å²) in [4.78, 5) is 20.9. The van der Waals surface area contributed by atoms with Gasteiger partial charge in [0, 0.05) is 5.54 Å². The summed E-state index contributed by atoms with van der Waals surface area (Å²) >= 11 is 0. The highest BCUT2D eigenvalue weighted by Crippen LogP contribution is 2.46. The summed E-state index contributed by atoms with van der Waals surface area (Å²) in [7, 11) is 4.29. The van der Waals surface area contributed by atoms with Crippen molar-refractivity contribution in [3.63, 3.8) is 0 Å². The maximum atomic E-state index is 12.7. The number of aromatic nitrogens is 1. The normalized spacial score (nSPS) is 27.1. The molecule has 144 valence electrons. The second kappa shape index (κ2) is 6.92. The monoisotopic (exact) mass is 375 g/mol. The molecule has 6 heteroatoms. The minimum Gasteiger partial charge on any atom is -0.330 e. The van der Waals surface area contributed by atoms with Crippen LogP contribution in [0, 0.1) is 11.3 Å². The van der Waals surface area contributed by atoms with Crippen molar-refractivity contribution in [2.45, 2.75) is 36.8 Å². The molecule has 0 radical (unpaired) electrons. The minimum absolute atomic E-state index is 0.000652. The predicted octanol–water partition coefficient (Wildman–Crippen LogP) is 3.25. The Bertz CT molecular complexity index is 893. The van der Waals surface area contributed by atoms with E-state index in [1.165, 1.54) is 5.56 Å². The summed E-state index contributed by atoms with van der Waals surface area (Å²) in [6.45, 7) is 0.637. The van der Waals surface area contributed by atoms with Crippen molar-refractivity contribution in [2.75, 3.05) is 25.5 Å². The largest absolute Gasteiger partial charge is 0.330 e. The fourth-order valence-corrected chi connectivity index (χ4v) is 4.70. The van der Waals surface area contributed by atoms with Crippen LogP contribution in [0.1, 0.15) is 36.9 Å². The van der Waals surface area contributed by atoms with Crippen molar-refractivity contribution in [1.82, 2.24) is 15.2 Å². The number of amides is 2. The SMILES string of the molecule is CN(C)[C@]1(c2ccccc2)CC[C@@]2(CC1)CN(c1ccc(C#N)nc1)C(=O)N2. The Morgan fingerprint density at radius 3 is 2.39 bits per heavy atom. The van der Waals surface area contributed by atoms with Gasteiger partial charge in [-0.25, -0.2) is 9.78 Å². The fourth-order valence-electron chi connectivity index (χ4n) is 4.70. The van der Waals surface area contributed by atoms with Crippen molar-refractivity contribution in [3.8, 4) is 6.07 Å². The molecular weight excluding hydrogens is 350 g/mol. The van der Waals surface area contributed by atoms with Crippen LogP contribution in [-0.4, -0.2) is 42.1 Å². The van der Waals surface area contributed by atoms with Gasteiger partial charge < -0.3 is 5.32 Å². The first-order chi connectivity index (χ1) is 13.5. The molecule has 1 aromatic carbocycles. The van der Waals surface area contributed by atoms with Gasteiger partial charge in [0.1, 0.15) is 11.8 Å². The lowest BCUT2D eigenvalue weighted by Crippen LogP contribution is -2.54. The third-order valence-corrected chi connectivity index (χ3v) is 6.45. The Labute approximate surface area is 165 Å². The summed E-state index contributed by atoms with van der Waals surface area (Å²) in [6, 6.07) is 16.0. The molecular formula is C22H25N5O. The molecule has 2 aromatic rings. The van der Waals surface area contributed by atoms with E-state index in [2.05, 4.69) is 59.6 Å². The van der Waals surface area contributed by atoms with Gasteiger partial charge in [-0.05, 0) is 57.5 Å². The molecule has 1 aromatic heterocycles. The average molecular weight is 375 g/mol. The maximum absolute atomic E-state index is 12.7. The second-order valence-electron chi connectivity index (χ2n) is 8.10. The number of anilines is 1. The molecule has 6 nitrogen and oxygen atoms in total. The van der Waals surface area contributed by atoms with E-state index < -0.39 is 0 Å². The Balaban J connectivity index is 1.54. The highest BCUT2D eigenvalue weighted by atomic mass is 16.2. The number of rotatable bonds is 3. The molecule has 0 bridgehead atoms.